The Morgan fingerprint density at radius 2 is 2.16 bits per heavy atom. The van der Waals surface area contributed by atoms with Crippen LogP contribution in [0.2, 0.25) is 0 Å². The standard InChI is InChI=1S/C15H27N3O/c1-4-18-13(8-11-17-18)14(16)15(19-5-2)9-6-12(3)7-10-15/h8,11-12,14H,4-7,9-10,16H2,1-3H3. The monoisotopic (exact) mass is 265 g/mol. The maximum atomic E-state index is 6.57. The maximum Gasteiger partial charge on any atom is 0.0889 e. The normalized spacial score (nSPS) is 29.4. The molecule has 1 aromatic rings. The summed E-state index contributed by atoms with van der Waals surface area (Å²) in [7, 11) is 0. The average molecular weight is 265 g/mol. The van der Waals surface area contributed by atoms with Crippen LogP contribution < -0.4 is 5.73 Å². The van der Waals surface area contributed by atoms with E-state index in [0.29, 0.717) is 0 Å². The van der Waals surface area contributed by atoms with Crippen molar-refractivity contribution < 1.29 is 4.74 Å². The van der Waals surface area contributed by atoms with Crippen molar-refractivity contribution in [3.05, 3.63) is 18.0 Å². The van der Waals surface area contributed by atoms with E-state index in [2.05, 4.69) is 25.9 Å². The van der Waals surface area contributed by atoms with E-state index in [1.54, 1.807) is 0 Å². The molecular formula is C15H27N3O. The van der Waals surface area contributed by atoms with Gasteiger partial charge in [-0.2, -0.15) is 5.10 Å². The van der Waals surface area contributed by atoms with Gasteiger partial charge in [-0.3, -0.25) is 4.68 Å². The minimum atomic E-state index is -0.200. The van der Waals surface area contributed by atoms with Gasteiger partial charge in [-0.25, -0.2) is 0 Å². The zero-order valence-corrected chi connectivity index (χ0v) is 12.4. The van der Waals surface area contributed by atoms with Crippen LogP contribution in [0.1, 0.15) is 58.2 Å². The molecule has 19 heavy (non-hydrogen) atoms. The fourth-order valence-corrected chi connectivity index (χ4v) is 3.22. The van der Waals surface area contributed by atoms with Crippen LogP contribution in [0.4, 0.5) is 0 Å². The number of hydrogen-bond donors (Lipinski definition) is 1. The van der Waals surface area contributed by atoms with E-state index in [-0.39, 0.29) is 11.6 Å². The minimum absolute atomic E-state index is 0.0811. The van der Waals surface area contributed by atoms with Crippen molar-refractivity contribution >= 4 is 0 Å². The van der Waals surface area contributed by atoms with Crippen LogP contribution in [0.25, 0.3) is 0 Å². The highest BCUT2D eigenvalue weighted by molar-refractivity contribution is 5.13. The lowest BCUT2D eigenvalue weighted by molar-refractivity contribution is -0.0911. The summed E-state index contributed by atoms with van der Waals surface area (Å²) in [6.45, 7) is 8.05. The van der Waals surface area contributed by atoms with Crippen LogP contribution in [0.15, 0.2) is 12.3 Å². The Morgan fingerprint density at radius 3 is 2.74 bits per heavy atom. The van der Waals surface area contributed by atoms with Gasteiger partial charge < -0.3 is 10.5 Å². The molecule has 0 aliphatic heterocycles. The zero-order chi connectivity index (χ0) is 13.9. The summed E-state index contributed by atoms with van der Waals surface area (Å²) in [4.78, 5) is 0. The molecule has 1 aliphatic rings. The third-order valence-electron chi connectivity index (χ3n) is 4.49. The molecule has 0 spiro atoms. The van der Waals surface area contributed by atoms with Crippen molar-refractivity contribution in [3.63, 3.8) is 0 Å². The molecule has 1 saturated carbocycles. The lowest BCUT2D eigenvalue weighted by Gasteiger charge is -2.43. The minimum Gasteiger partial charge on any atom is -0.373 e. The molecule has 4 heteroatoms. The molecule has 2 N–H and O–H groups in total. The van der Waals surface area contributed by atoms with E-state index in [4.69, 9.17) is 10.5 Å². The van der Waals surface area contributed by atoms with Gasteiger partial charge in [0.1, 0.15) is 0 Å². The van der Waals surface area contributed by atoms with Crippen molar-refractivity contribution in [2.45, 2.75) is 64.6 Å². The van der Waals surface area contributed by atoms with Gasteiger partial charge in [0.25, 0.3) is 0 Å². The number of nitrogens with zero attached hydrogens (tertiary/aromatic N) is 2. The first-order valence-electron chi connectivity index (χ1n) is 7.54. The smallest absolute Gasteiger partial charge is 0.0889 e. The second-order valence-corrected chi connectivity index (χ2v) is 5.73. The van der Waals surface area contributed by atoms with E-state index in [1.807, 2.05) is 16.9 Å². The third-order valence-corrected chi connectivity index (χ3v) is 4.49. The molecule has 1 heterocycles. The fraction of sp³-hybridized carbons (Fsp3) is 0.800. The molecule has 0 aromatic carbocycles. The lowest BCUT2D eigenvalue weighted by atomic mass is 9.74. The van der Waals surface area contributed by atoms with Gasteiger partial charge in [-0.15, -0.1) is 0 Å². The van der Waals surface area contributed by atoms with Gasteiger partial charge in [0.2, 0.25) is 0 Å². The molecule has 1 atom stereocenters. The van der Waals surface area contributed by atoms with E-state index < -0.39 is 0 Å². The van der Waals surface area contributed by atoms with E-state index in [1.165, 1.54) is 12.8 Å². The van der Waals surface area contributed by atoms with Gasteiger partial charge >= 0.3 is 0 Å². The molecule has 0 amide bonds. The molecule has 2 rings (SSSR count). The van der Waals surface area contributed by atoms with Gasteiger partial charge in [0, 0.05) is 19.3 Å². The topological polar surface area (TPSA) is 53.1 Å². The summed E-state index contributed by atoms with van der Waals surface area (Å²) in [6.07, 6.45) is 6.35. The number of rotatable bonds is 5. The van der Waals surface area contributed by atoms with Crippen LogP contribution in [-0.4, -0.2) is 22.0 Å². The quantitative estimate of drug-likeness (QED) is 0.890. The largest absolute Gasteiger partial charge is 0.373 e. The lowest BCUT2D eigenvalue weighted by Crippen LogP contribution is -2.47. The average Bonchev–Trinajstić information content (AvgIpc) is 2.89. The molecule has 1 unspecified atom stereocenters. The van der Waals surface area contributed by atoms with E-state index in [9.17, 15) is 0 Å². The van der Waals surface area contributed by atoms with Crippen molar-refractivity contribution in [2.75, 3.05) is 6.61 Å². The second kappa shape index (κ2) is 6.06. The SMILES string of the molecule is CCOC1(C(N)c2ccnn2CC)CCC(C)CC1. The molecular weight excluding hydrogens is 238 g/mol. The summed E-state index contributed by atoms with van der Waals surface area (Å²) < 4.78 is 8.13. The Hall–Kier alpha value is -0.870. The summed E-state index contributed by atoms with van der Waals surface area (Å²) in [5.74, 6) is 0.789. The molecule has 0 bridgehead atoms. The zero-order valence-electron chi connectivity index (χ0n) is 12.4. The van der Waals surface area contributed by atoms with Crippen LogP contribution in [-0.2, 0) is 11.3 Å². The highest BCUT2D eigenvalue weighted by Crippen LogP contribution is 2.42. The summed E-state index contributed by atoms with van der Waals surface area (Å²) in [5.41, 5.74) is 7.47. The second-order valence-electron chi connectivity index (χ2n) is 5.73. The summed E-state index contributed by atoms with van der Waals surface area (Å²) in [5, 5.41) is 4.34. The fourth-order valence-electron chi connectivity index (χ4n) is 3.22. The first-order valence-corrected chi connectivity index (χ1v) is 7.54. The highest BCUT2D eigenvalue weighted by atomic mass is 16.5. The third kappa shape index (κ3) is 2.84. The molecule has 108 valence electrons. The van der Waals surface area contributed by atoms with Gasteiger partial charge in [-0.05, 0) is 51.5 Å². The van der Waals surface area contributed by atoms with E-state index >= 15 is 0 Å². The molecule has 1 aromatic heterocycles. The van der Waals surface area contributed by atoms with Crippen molar-refractivity contribution in [1.82, 2.24) is 9.78 Å². The highest BCUT2D eigenvalue weighted by Gasteiger charge is 2.42. The Labute approximate surface area is 116 Å². The Bertz CT molecular complexity index is 394. The number of aryl methyl sites for hydroxylation is 1. The number of aromatic nitrogens is 2. The first kappa shape index (κ1) is 14.5. The Balaban J connectivity index is 2.23. The molecule has 4 nitrogen and oxygen atoms in total. The number of hydrogen-bond acceptors (Lipinski definition) is 3. The first-order chi connectivity index (χ1) is 9.13. The predicted octanol–water partition coefficient (Wildman–Crippen LogP) is 2.89. The summed E-state index contributed by atoms with van der Waals surface area (Å²) >= 11 is 0. The van der Waals surface area contributed by atoms with Gasteiger partial charge in [0.05, 0.1) is 17.3 Å². The molecule has 0 saturated heterocycles. The molecule has 0 radical (unpaired) electrons. The van der Waals surface area contributed by atoms with Crippen molar-refractivity contribution in [2.24, 2.45) is 11.7 Å². The van der Waals surface area contributed by atoms with Crippen LogP contribution in [0.5, 0.6) is 0 Å². The summed E-state index contributed by atoms with van der Waals surface area (Å²) in [6, 6.07) is 1.95. The predicted molar refractivity (Wildman–Crippen MR) is 76.8 cm³/mol. The van der Waals surface area contributed by atoms with Crippen LogP contribution in [0, 0.1) is 5.92 Å². The number of nitrogens with two attached hydrogens (primary N) is 1. The van der Waals surface area contributed by atoms with Crippen molar-refractivity contribution in [1.29, 1.82) is 0 Å². The Morgan fingerprint density at radius 1 is 1.47 bits per heavy atom. The molecule has 1 aliphatic carbocycles. The van der Waals surface area contributed by atoms with Crippen LogP contribution >= 0.6 is 0 Å². The van der Waals surface area contributed by atoms with Gasteiger partial charge in [-0.1, -0.05) is 6.92 Å². The number of ether oxygens (including phenoxy) is 1. The molecule has 1 fully saturated rings. The van der Waals surface area contributed by atoms with Crippen molar-refractivity contribution in [3.8, 4) is 0 Å². The van der Waals surface area contributed by atoms with E-state index in [0.717, 1.165) is 37.6 Å². The van der Waals surface area contributed by atoms with Gasteiger partial charge in [0.15, 0.2) is 0 Å². The maximum absolute atomic E-state index is 6.57. The van der Waals surface area contributed by atoms with Crippen LogP contribution in [0.3, 0.4) is 0 Å². The Kier molecular flexibility index (Phi) is 4.63.